The van der Waals surface area contributed by atoms with E-state index in [1.54, 1.807) is 18.2 Å². The van der Waals surface area contributed by atoms with E-state index in [2.05, 4.69) is 11.9 Å². The minimum atomic E-state index is -0.551. The van der Waals surface area contributed by atoms with Gasteiger partial charge in [0.2, 0.25) is 0 Å². The molecule has 120 valence electrons. The van der Waals surface area contributed by atoms with Gasteiger partial charge < -0.3 is 9.47 Å². The number of hydrogen-bond donors (Lipinski definition) is 1. The second-order valence-corrected chi connectivity index (χ2v) is 4.99. The molecule has 1 aromatic rings. The van der Waals surface area contributed by atoms with Crippen molar-refractivity contribution in [1.29, 1.82) is 0 Å². The molecule has 2 rings (SSSR count). The Kier molecular flexibility index (Phi) is 5.13. The maximum absolute atomic E-state index is 12.5. The van der Waals surface area contributed by atoms with Gasteiger partial charge in [0.05, 0.1) is 14.2 Å². The van der Waals surface area contributed by atoms with E-state index in [9.17, 15) is 9.59 Å². The van der Waals surface area contributed by atoms with Gasteiger partial charge in [0, 0.05) is 12.1 Å². The van der Waals surface area contributed by atoms with E-state index in [0.717, 1.165) is 0 Å². The van der Waals surface area contributed by atoms with Crippen LogP contribution in [0.25, 0.3) is 6.08 Å². The zero-order chi connectivity index (χ0) is 17.0. The number of nitrogens with one attached hydrogen (secondary N) is 1. The van der Waals surface area contributed by atoms with Crippen molar-refractivity contribution in [2.75, 3.05) is 20.8 Å². The van der Waals surface area contributed by atoms with Crippen molar-refractivity contribution in [2.24, 2.45) is 0 Å². The number of methoxy groups -OCH3 is 2. The lowest BCUT2D eigenvalue weighted by Gasteiger charge is -2.27. The Morgan fingerprint density at radius 1 is 1.30 bits per heavy atom. The lowest BCUT2D eigenvalue weighted by Crippen LogP contribution is -2.53. The molecular formula is C16H16N2O4S. The van der Waals surface area contributed by atoms with Crippen LogP contribution in [0.1, 0.15) is 5.56 Å². The fourth-order valence-electron chi connectivity index (χ4n) is 2.17. The highest BCUT2D eigenvalue weighted by Gasteiger charge is 2.32. The molecule has 0 radical (unpaired) electrons. The molecule has 0 aromatic heterocycles. The van der Waals surface area contributed by atoms with Crippen LogP contribution in [0.5, 0.6) is 11.5 Å². The Balaban J connectivity index is 2.49. The maximum Gasteiger partial charge on any atom is 0.265 e. The minimum absolute atomic E-state index is 0.0352. The van der Waals surface area contributed by atoms with Crippen LogP contribution in [-0.4, -0.2) is 42.6 Å². The first kappa shape index (κ1) is 16.7. The smallest absolute Gasteiger partial charge is 0.265 e. The Hall–Kier alpha value is -2.67. The van der Waals surface area contributed by atoms with Crippen molar-refractivity contribution in [1.82, 2.24) is 10.2 Å². The van der Waals surface area contributed by atoms with Crippen LogP contribution in [0.3, 0.4) is 0 Å². The van der Waals surface area contributed by atoms with Crippen LogP contribution >= 0.6 is 12.2 Å². The molecule has 0 unspecified atom stereocenters. The summed E-state index contributed by atoms with van der Waals surface area (Å²) in [4.78, 5) is 25.9. The van der Waals surface area contributed by atoms with Crippen LogP contribution in [0.2, 0.25) is 0 Å². The lowest BCUT2D eigenvalue weighted by atomic mass is 10.1. The Morgan fingerprint density at radius 2 is 2.04 bits per heavy atom. The predicted octanol–water partition coefficient (Wildman–Crippen LogP) is 1.52. The zero-order valence-electron chi connectivity index (χ0n) is 12.8. The topological polar surface area (TPSA) is 67.9 Å². The summed E-state index contributed by atoms with van der Waals surface area (Å²) in [7, 11) is 3.00. The highest BCUT2D eigenvalue weighted by atomic mass is 32.1. The standard InChI is InChI=1S/C16H16N2O4S/c1-4-8-18-15(20)11(14(19)17-16(18)23)9-10-6-5-7-12(21-2)13(10)22-3/h4-7,9H,1,8H2,2-3H3,(H,17,19,23)/b11-9+. The highest BCUT2D eigenvalue weighted by Crippen LogP contribution is 2.32. The van der Waals surface area contributed by atoms with Crippen molar-refractivity contribution in [3.63, 3.8) is 0 Å². The van der Waals surface area contributed by atoms with Gasteiger partial charge in [0.1, 0.15) is 5.57 Å². The molecule has 23 heavy (non-hydrogen) atoms. The molecule has 1 heterocycles. The van der Waals surface area contributed by atoms with Crippen LogP contribution in [0.4, 0.5) is 0 Å². The molecule has 1 aliphatic heterocycles. The molecule has 0 spiro atoms. The number of nitrogens with zero attached hydrogens (tertiary/aromatic N) is 1. The van der Waals surface area contributed by atoms with Crippen LogP contribution < -0.4 is 14.8 Å². The third kappa shape index (κ3) is 3.24. The van der Waals surface area contributed by atoms with Crippen molar-refractivity contribution < 1.29 is 19.1 Å². The first-order chi connectivity index (χ1) is 11.0. The molecule has 0 bridgehead atoms. The van der Waals surface area contributed by atoms with Gasteiger partial charge in [0.25, 0.3) is 11.8 Å². The molecule has 0 aliphatic carbocycles. The molecular weight excluding hydrogens is 316 g/mol. The summed E-state index contributed by atoms with van der Waals surface area (Å²) in [5.74, 6) is -0.0933. The number of thiocarbonyl (C=S) groups is 1. The summed E-state index contributed by atoms with van der Waals surface area (Å²) in [6.07, 6.45) is 2.99. The second-order valence-electron chi connectivity index (χ2n) is 4.60. The van der Waals surface area contributed by atoms with E-state index in [1.165, 1.54) is 31.3 Å². The molecule has 1 fully saturated rings. The van der Waals surface area contributed by atoms with Crippen molar-refractivity contribution >= 4 is 35.2 Å². The number of carbonyl (C=O) groups is 2. The number of ether oxygens (including phenoxy) is 2. The largest absolute Gasteiger partial charge is 0.493 e. The molecule has 2 amide bonds. The van der Waals surface area contributed by atoms with E-state index >= 15 is 0 Å². The van der Waals surface area contributed by atoms with Gasteiger partial charge in [0.15, 0.2) is 16.6 Å². The first-order valence-corrected chi connectivity index (χ1v) is 7.15. The SMILES string of the molecule is C=CCN1C(=O)/C(=C/c2cccc(OC)c2OC)C(=O)NC1=S. The first-order valence-electron chi connectivity index (χ1n) is 6.74. The number of hydrogen-bond acceptors (Lipinski definition) is 5. The summed E-state index contributed by atoms with van der Waals surface area (Å²) in [5, 5.41) is 2.55. The normalized spacial score (nSPS) is 16.3. The van der Waals surface area contributed by atoms with Gasteiger partial charge in [-0.05, 0) is 24.4 Å². The molecule has 1 saturated heterocycles. The van der Waals surface area contributed by atoms with Gasteiger partial charge in [-0.25, -0.2) is 0 Å². The number of amides is 2. The predicted molar refractivity (Wildman–Crippen MR) is 90.2 cm³/mol. The van der Waals surface area contributed by atoms with E-state index in [-0.39, 0.29) is 17.2 Å². The summed E-state index contributed by atoms with van der Waals surface area (Å²) in [5.41, 5.74) is 0.517. The van der Waals surface area contributed by atoms with Crippen molar-refractivity contribution in [2.45, 2.75) is 0 Å². The average Bonchev–Trinajstić information content (AvgIpc) is 2.54. The number of carbonyl (C=O) groups excluding carboxylic acids is 2. The fraction of sp³-hybridized carbons (Fsp3) is 0.188. The summed E-state index contributed by atoms with van der Waals surface area (Å²) < 4.78 is 10.5. The van der Waals surface area contributed by atoms with Crippen LogP contribution in [-0.2, 0) is 9.59 Å². The van der Waals surface area contributed by atoms with Gasteiger partial charge >= 0.3 is 0 Å². The molecule has 6 nitrogen and oxygen atoms in total. The van der Waals surface area contributed by atoms with Gasteiger partial charge in [-0.2, -0.15) is 0 Å². The monoisotopic (exact) mass is 332 g/mol. The van der Waals surface area contributed by atoms with Crippen molar-refractivity contribution in [3.05, 3.63) is 42.0 Å². The summed E-state index contributed by atoms with van der Waals surface area (Å²) in [6.45, 7) is 3.79. The summed E-state index contributed by atoms with van der Waals surface area (Å²) in [6, 6.07) is 5.19. The van der Waals surface area contributed by atoms with E-state index < -0.39 is 11.8 Å². The van der Waals surface area contributed by atoms with Gasteiger partial charge in [-0.15, -0.1) is 6.58 Å². The fourth-order valence-corrected chi connectivity index (χ4v) is 2.42. The van der Waals surface area contributed by atoms with Crippen LogP contribution in [0, 0.1) is 0 Å². The second kappa shape index (κ2) is 7.06. The Bertz CT molecular complexity index is 712. The van der Waals surface area contributed by atoms with Gasteiger partial charge in [-0.1, -0.05) is 18.2 Å². The third-order valence-electron chi connectivity index (χ3n) is 3.23. The lowest BCUT2D eigenvalue weighted by molar-refractivity contribution is -0.128. The highest BCUT2D eigenvalue weighted by molar-refractivity contribution is 7.80. The minimum Gasteiger partial charge on any atom is -0.493 e. The van der Waals surface area contributed by atoms with Crippen LogP contribution in [0.15, 0.2) is 36.4 Å². The number of para-hydroxylation sites is 1. The van der Waals surface area contributed by atoms with Crippen molar-refractivity contribution in [3.8, 4) is 11.5 Å². The Morgan fingerprint density at radius 3 is 2.65 bits per heavy atom. The zero-order valence-corrected chi connectivity index (χ0v) is 13.6. The molecule has 1 aromatic carbocycles. The third-order valence-corrected chi connectivity index (χ3v) is 3.55. The molecule has 0 atom stereocenters. The Labute approximate surface area is 139 Å². The number of benzene rings is 1. The van der Waals surface area contributed by atoms with E-state index in [0.29, 0.717) is 17.1 Å². The van der Waals surface area contributed by atoms with E-state index in [4.69, 9.17) is 21.7 Å². The molecule has 1 aliphatic rings. The average molecular weight is 332 g/mol. The quantitative estimate of drug-likeness (QED) is 0.383. The molecule has 0 saturated carbocycles. The summed E-state index contributed by atoms with van der Waals surface area (Å²) >= 11 is 5.01. The van der Waals surface area contributed by atoms with E-state index in [1.807, 2.05) is 0 Å². The molecule has 7 heteroatoms. The van der Waals surface area contributed by atoms with Gasteiger partial charge in [-0.3, -0.25) is 19.8 Å². The maximum atomic E-state index is 12.5. The molecule has 1 N–H and O–H groups in total. The number of rotatable bonds is 5.